The Hall–Kier alpha value is -0.800. The number of carbonyl (C=O) groups excluding carboxylic acids is 1. The quantitative estimate of drug-likeness (QED) is 0.474. The number of alkyl halides is 1. The fourth-order valence-electron chi connectivity index (χ4n) is 0.852. The highest BCUT2D eigenvalue weighted by molar-refractivity contribution is 6.37. The van der Waals surface area contributed by atoms with Crippen molar-refractivity contribution in [2.45, 2.75) is 0 Å². The Morgan fingerprint density at radius 1 is 1.54 bits per heavy atom. The highest BCUT2D eigenvalue weighted by Gasteiger charge is 2.14. The van der Waals surface area contributed by atoms with Crippen LogP contribution in [0.25, 0.3) is 0 Å². The Morgan fingerprint density at radius 2 is 2.15 bits per heavy atom. The predicted molar refractivity (Wildman–Crippen MR) is 50.9 cm³/mol. The molecule has 0 amide bonds. The van der Waals surface area contributed by atoms with Crippen LogP contribution in [-0.2, 0) is 0 Å². The van der Waals surface area contributed by atoms with Crippen molar-refractivity contribution in [2.75, 3.05) is 11.6 Å². The van der Waals surface area contributed by atoms with Crippen LogP contribution in [0.4, 0.5) is 10.1 Å². The number of halogens is 3. The average Bonchev–Trinajstić information content (AvgIpc) is 2.13. The minimum atomic E-state index is -0.780. The monoisotopic (exact) mass is 221 g/mol. The molecule has 0 unspecified atom stereocenters. The van der Waals surface area contributed by atoms with Crippen molar-refractivity contribution in [3.8, 4) is 0 Å². The van der Waals surface area contributed by atoms with Gasteiger partial charge in [-0.3, -0.25) is 4.79 Å². The van der Waals surface area contributed by atoms with Crippen molar-refractivity contribution < 1.29 is 9.18 Å². The van der Waals surface area contributed by atoms with Crippen LogP contribution in [0.15, 0.2) is 12.1 Å². The van der Waals surface area contributed by atoms with Gasteiger partial charge in [0.1, 0.15) is 0 Å². The third kappa shape index (κ3) is 1.92. The van der Waals surface area contributed by atoms with E-state index in [4.69, 9.17) is 28.9 Å². The summed E-state index contributed by atoms with van der Waals surface area (Å²) < 4.78 is 13.0. The van der Waals surface area contributed by atoms with E-state index in [0.717, 1.165) is 0 Å². The number of nitrogen functional groups attached to an aromatic ring is 1. The Morgan fingerprint density at radius 3 is 2.69 bits per heavy atom. The molecule has 1 aromatic carbocycles. The van der Waals surface area contributed by atoms with Crippen LogP contribution in [0.1, 0.15) is 10.4 Å². The van der Waals surface area contributed by atoms with Crippen molar-refractivity contribution in [3.63, 3.8) is 0 Å². The Balaban J connectivity index is 3.26. The number of nitrogens with two attached hydrogens (primary N) is 1. The lowest BCUT2D eigenvalue weighted by Crippen LogP contribution is -2.04. The molecule has 0 bridgehead atoms. The molecule has 0 atom stereocenters. The molecule has 0 saturated heterocycles. The summed E-state index contributed by atoms with van der Waals surface area (Å²) in [6.45, 7) is 0. The van der Waals surface area contributed by atoms with Crippen LogP contribution < -0.4 is 5.73 Å². The zero-order valence-corrected chi connectivity index (χ0v) is 7.99. The van der Waals surface area contributed by atoms with Crippen molar-refractivity contribution in [1.82, 2.24) is 0 Å². The summed E-state index contributed by atoms with van der Waals surface area (Å²) in [5.41, 5.74) is 5.20. The van der Waals surface area contributed by atoms with Gasteiger partial charge in [0.15, 0.2) is 11.6 Å². The minimum absolute atomic E-state index is 0.0587. The molecule has 0 aliphatic heterocycles. The molecule has 13 heavy (non-hydrogen) atoms. The minimum Gasteiger partial charge on any atom is -0.396 e. The van der Waals surface area contributed by atoms with Crippen LogP contribution in [0, 0.1) is 5.82 Å². The zero-order chi connectivity index (χ0) is 10.0. The largest absolute Gasteiger partial charge is 0.396 e. The molecule has 5 heteroatoms. The van der Waals surface area contributed by atoms with Crippen LogP contribution in [-0.4, -0.2) is 11.7 Å². The number of hydrogen-bond acceptors (Lipinski definition) is 2. The number of Topliss-reactive ketones (excluding diaryl/α,β-unsaturated/α-hetero) is 1. The van der Waals surface area contributed by atoms with Gasteiger partial charge in [0.05, 0.1) is 16.6 Å². The number of ketones is 1. The van der Waals surface area contributed by atoms with E-state index in [1.54, 1.807) is 0 Å². The fraction of sp³-hybridized carbons (Fsp3) is 0.125. The molecule has 0 aliphatic carbocycles. The number of rotatable bonds is 2. The Kier molecular flexibility index (Phi) is 3.12. The smallest absolute Gasteiger partial charge is 0.179 e. The molecule has 1 rings (SSSR count). The number of anilines is 1. The molecule has 0 aromatic heterocycles. The van der Waals surface area contributed by atoms with E-state index in [9.17, 15) is 9.18 Å². The van der Waals surface area contributed by atoms with Gasteiger partial charge in [-0.2, -0.15) is 0 Å². The number of hydrogen-bond donors (Lipinski definition) is 1. The SMILES string of the molecule is Nc1ccc(C(=O)CCl)c(Cl)c1F. The molecule has 0 saturated carbocycles. The van der Waals surface area contributed by atoms with E-state index in [-0.39, 0.29) is 22.2 Å². The standard InChI is InChI=1S/C8H6Cl2FNO/c9-3-6(13)4-1-2-5(12)8(11)7(4)10/h1-2H,3,12H2. The lowest BCUT2D eigenvalue weighted by atomic mass is 10.1. The highest BCUT2D eigenvalue weighted by atomic mass is 35.5. The van der Waals surface area contributed by atoms with E-state index in [0.29, 0.717) is 0 Å². The first-order valence-corrected chi connectivity index (χ1v) is 4.31. The first kappa shape index (κ1) is 10.3. The van der Waals surface area contributed by atoms with Crippen molar-refractivity contribution in [3.05, 3.63) is 28.5 Å². The third-order valence-corrected chi connectivity index (χ3v) is 2.15. The van der Waals surface area contributed by atoms with E-state index < -0.39 is 11.6 Å². The molecule has 0 spiro atoms. The zero-order valence-electron chi connectivity index (χ0n) is 6.48. The topological polar surface area (TPSA) is 43.1 Å². The maximum absolute atomic E-state index is 13.0. The summed E-state index contributed by atoms with van der Waals surface area (Å²) in [5.74, 6) is -1.44. The normalized spacial score (nSPS) is 10.1. The summed E-state index contributed by atoms with van der Waals surface area (Å²) in [6.07, 6.45) is 0. The van der Waals surface area contributed by atoms with Gasteiger partial charge in [-0.1, -0.05) is 11.6 Å². The second-order valence-electron chi connectivity index (χ2n) is 2.39. The first-order valence-electron chi connectivity index (χ1n) is 3.40. The van der Waals surface area contributed by atoms with Gasteiger partial charge in [0.2, 0.25) is 0 Å². The van der Waals surface area contributed by atoms with Gasteiger partial charge in [0, 0.05) is 5.56 Å². The number of benzene rings is 1. The maximum Gasteiger partial charge on any atom is 0.179 e. The summed E-state index contributed by atoms with van der Waals surface area (Å²) >= 11 is 10.8. The molecule has 2 N–H and O–H groups in total. The third-order valence-electron chi connectivity index (χ3n) is 1.53. The van der Waals surface area contributed by atoms with Gasteiger partial charge in [-0.15, -0.1) is 11.6 Å². The molecular formula is C8H6Cl2FNO. The highest BCUT2D eigenvalue weighted by Crippen LogP contribution is 2.25. The average molecular weight is 222 g/mol. The van der Waals surface area contributed by atoms with Gasteiger partial charge < -0.3 is 5.73 Å². The van der Waals surface area contributed by atoms with Crippen molar-refractivity contribution in [1.29, 1.82) is 0 Å². The fourth-order valence-corrected chi connectivity index (χ4v) is 1.27. The van der Waals surface area contributed by atoms with Crippen LogP contribution in [0.3, 0.4) is 0 Å². The lowest BCUT2D eigenvalue weighted by molar-refractivity contribution is 0.102. The van der Waals surface area contributed by atoms with Crippen LogP contribution >= 0.6 is 23.2 Å². The molecule has 70 valence electrons. The summed E-state index contributed by atoms with van der Waals surface area (Å²) in [6, 6.07) is 2.63. The van der Waals surface area contributed by atoms with E-state index in [1.807, 2.05) is 0 Å². The van der Waals surface area contributed by atoms with Gasteiger partial charge in [-0.05, 0) is 12.1 Å². The molecule has 0 radical (unpaired) electrons. The van der Waals surface area contributed by atoms with Gasteiger partial charge >= 0.3 is 0 Å². The Labute approximate surface area is 84.4 Å². The van der Waals surface area contributed by atoms with Gasteiger partial charge in [0.25, 0.3) is 0 Å². The predicted octanol–water partition coefficient (Wildman–Crippen LogP) is 2.48. The molecule has 0 heterocycles. The number of carbonyl (C=O) groups is 1. The lowest BCUT2D eigenvalue weighted by Gasteiger charge is -2.03. The summed E-state index contributed by atoms with van der Waals surface area (Å²) in [7, 11) is 0. The Bertz CT molecular complexity index is 354. The van der Waals surface area contributed by atoms with Crippen molar-refractivity contribution >= 4 is 34.7 Å². The first-order chi connectivity index (χ1) is 6.07. The van der Waals surface area contributed by atoms with Gasteiger partial charge in [-0.25, -0.2) is 4.39 Å². The summed E-state index contributed by atoms with van der Waals surface area (Å²) in [4.78, 5) is 11.1. The van der Waals surface area contributed by atoms with E-state index >= 15 is 0 Å². The summed E-state index contributed by atoms with van der Waals surface area (Å²) in [5, 5.41) is -0.273. The van der Waals surface area contributed by atoms with E-state index in [2.05, 4.69) is 0 Å². The maximum atomic E-state index is 13.0. The molecule has 2 nitrogen and oxygen atoms in total. The van der Waals surface area contributed by atoms with Crippen molar-refractivity contribution in [2.24, 2.45) is 0 Å². The molecule has 0 aliphatic rings. The van der Waals surface area contributed by atoms with Crippen LogP contribution in [0.2, 0.25) is 5.02 Å². The molecular weight excluding hydrogens is 216 g/mol. The van der Waals surface area contributed by atoms with E-state index in [1.165, 1.54) is 12.1 Å². The van der Waals surface area contributed by atoms with Crippen LogP contribution in [0.5, 0.6) is 0 Å². The molecule has 0 fully saturated rings. The second kappa shape index (κ2) is 3.94. The molecule has 1 aromatic rings. The second-order valence-corrected chi connectivity index (χ2v) is 3.03.